The van der Waals surface area contributed by atoms with E-state index in [1.807, 2.05) is 12.1 Å². The van der Waals surface area contributed by atoms with Crippen molar-refractivity contribution in [2.24, 2.45) is 0 Å². The molecule has 2 heteroatoms. The minimum atomic E-state index is 0.790. The lowest BCUT2D eigenvalue weighted by molar-refractivity contribution is 0.317. The van der Waals surface area contributed by atoms with Crippen molar-refractivity contribution >= 4 is 6.08 Å². The van der Waals surface area contributed by atoms with Crippen molar-refractivity contribution in [3.05, 3.63) is 35.9 Å². The Morgan fingerprint density at radius 3 is 2.50 bits per heavy atom. The third kappa shape index (κ3) is 6.45. The molecule has 1 N–H and O–H groups in total. The fraction of sp³-hybridized carbons (Fsp3) is 0.500. The van der Waals surface area contributed by atoms with E-state index in [1.54, 1.807) is 0 Å². The molecule has 1 rings (SSSR count). The monoisotopic (exact) mass is 247 g/mol. The molecule has 0 spiro atoms. The van der Waals surface area contributed by atoms with Crippen molar-refractivity contribution in [3.63, 3.8) is 0 Å². The maximum absolute atomic E-state index is 5.55. The first kappa shape index (κ1) is 14.8. The van der Waals surface area contributed by atoms with Gasteiger partial charge in [0.25, 0.3) is 0 Å². The van der Waals surface area contributed by atoms with Crippen LogP contribution in [0.3, 0.4) is 0 Å². The van der Waals surface area contributed by atoms with Crippen molar-refractivity contribution in [2.45, 2.75) is 33.1 Å². The minimum absolute atomic E-state index is 0.790. The second-order valence-electron chi connectivity index (χ2n) is 4.36. The zero-order valence-electron chi connectivity index (χ0n) is 11.6. The standard InChI is InChI=1S/C16H25NO/c1-3-12-17-13-6-5-7-15-8-10-16(11-9-15)18-14-4-2/h5,7-11,17H,3-4,6,12-14H2,1-2H3. The first-order valence-corrected chi connectivity index (χ1v) is 6.97. The van der Waals surface area contributed by atoms with Gasteiger partial charge in [-0.3, -0.25) is 0 Å². The lowest BCUT2D eigenvalue weighted by Gasteiger charge is -2.04. The van der Waals surface area contributed by atoms with Gasteiger partial charge in [-0.05, 0) is 50.0 Å². The largest absolute Gasteiger partial charge is 0.494 e. The molecule has 0 saturated heterocycles. The van der Waals surface area contributed by atoms with Crippen LogP contribution in [0.5, 0.6) is 5.75 Å². The number of hydrogen-bond donors (Lipinski definition) is 1. The fourth-order valence-corrected chi connectivity index (χ4v) is 1.60. The Balaban J connectivity index is 2.27. The van der Waals surface area contributed by atoms with Crippen LogP contribution in [-0.4, -0.2) is 19.7 Å². The van der Waals surface area contributed by atoms with E-state index in [1.165, 1.54) is 12.0 Å². The highest BCUT2D eigenvalue weighted by Crippen LogP contribution is 2.13. The number of ether oxygens (including phenoxy) is 1. The van der Waals surface area contributed by atoms with Gasteiger partial charge in [-0.15, -0.1) is 0 Å². The molecule has 0 atom stereocenters. The van der Waals surface area contributed by atoms with Gasteiger partial charge in [-0.2, -0.15) is 0 Å². The molecule has 0 aliphatic heterocycles. The molecule has 0 fully saturated rings. The van der Waals surface area contributed by atoms with Crippen LogP contribution < -0.4 is 10.1 Å². The number of benzene rings is 1. The summed E-state index contributed by atoms with van der Waals surface area (Å²) in [5, 5.41) is 3.38. The van der Waals surface area contributed by atoms with Crippen LogP contribution in [0.4, 0.5) is 0 Å². The van der Waals surface area contributed by atoms with Gasteiger partial charge in [-0.1, -0.05) is 38.1 Å². The number of rotatable bonds is 9. The molecule has 0 aliphatic carbocycles. The smallest absolute Gasteiger partial charge is 0.119 e. The van der Waals surface area contributed by atoms with E-state index >= 15 is 0 Å². The van der Waals surface area contributed by atoms with Crippen molar-refractivity contribution in [1.29, 1.82) is 0 Å². The first-order valence-electron chi connectivity index (χ1n) is 6.97. The highest BCUT2D eigenvalue weighted by atomic mass is 16.5. The Kier molecular flexibility index (Phi) is 7.98. The van der Waals surface area contributed by atoms with E-state index in [0.717, 1.165) is 38.3 Å². The molecule has 1 aromatic rings. The zero-order valence-corrected chi connectivity index (χ0v) is 11.6. The Hall–Kier alpha value is -1.28. The minimum Gasteiger partial charge on any atom is -0.494 e. The third-order valence-corrected chi connectivity index (χ3v) is 2.58. The summed E-state index contributed by atoms with van der Waals surface area (Å²) in [5.41, 5.74) is 1.23. The third-order valence-electron chi connectivity index (χ3n) is 2.58. The summed E-state index contributed by atoms with van der Waals surface area (Å²) in [7, 11) is 0. The van der Waals surface area contributed by atoms with Crippen LogP contribution >= 0.6 is 0 Å². The highest BCUT2D eigenvalue weighted by molar-refractivity contribution is 5.50. The molecule has 2 nitrogen and oxygen atoms in total. The molecule has 18 heavy (non-hydrogen) atoms. The van der Waals surface area contributed by atoms with E-state index < -0.39 is 0 Å². The number of hydrogen-bond acceptors (Lipinski definition) is 2. The molecule has 0 saturated carbocycles. The topological polar surface area (TPSA) is 21.3 Å². The number of nitrogens with one attached hydrogen (secondary N) is 1. The molecule has 100 valence electrons. The molecular formula is C16H25NO. The summed E-state index contributed by atoms with van der Waals surface area (Å²) in [6.07, 6.45) is 7.70. The molecule has 1 aromatic carbocycles. The molecule has 0 amide bonds. The van der Waals surface area contributed by atoms with Gasteiger partial charge in [0.05, 0.1) is 6.61 Å². The first-order chi connectivity index (χ1) is 8.86. The Labute approximate surface area is 111 Å². The summed E-state index contributed by atoms with van der Waals surface area (Å²) in [6.45, 7) is 7.26. The van der Waals surface area contributed by atoms with Crippen LogP contribution in [0.15, 0.2) is 30.3 Å². The summed E-state index contributed by atoms with van der Waals surface area (Å²) < 4.78 is 5.55. The van der Waals surface area contributed by atoms with Crippen molar-refractivity contribution in [3.8, 4) is 5.75 Å². The molecule has 0 unspecified atom stereocenters. The maximum atomic E-state index is 5.55. The van der Waals surface area contributed by atoms with Crippen molar-refractivity contribution < 1.29 is 4.74 Å². The predicted octanol–water partition coefficient (Wildman–Crippen LogP) is 3.88. The lowest BCUT2D eigenvalue weighted by atomic mass is 10.2. The second-order valence-corrected chi connectivity index (χ2v) is 4.36. The lowest BCUT2D eigenvalue weighted by Crippen LogP contribution is -2.14. The zero-order chi connectivity index (χ0) is 13.1. The van der Waals surface area contributed by atoms with Gasteiger partial charge in [0, 0.05) is 0 Å². The summed E-state index contributed by atoms with van der Waals surface area (Å²) in [5.74, 6) is 0.957. The van der Waals surface area contributed by atoms with E-state index in [2.05, 4.69) is 43.4 Å². The van der Waals surface area contributed by atoms with Gasteiger partial charge in [0.15, 0.2) is 0 Å². The van der Waals surface area contributed by atoms with Gasteiger partial charge in [0.1, 0.15) is 5.75 Å². The van der Waals surface area contributed by atoms with Crippen LogP contribution in [0.1, 0.15) is 38.7 Å². The summed E-state index contributed by atoms with van der Waals surface area (Å²) in [4.78, 5) is 0. The molecule has 0 radical (unpaired) electrons. The van der Waals surface area contributed by atoms with Gasteiger partial charge in [0.2, 0.25) is 0 Å². The van der Waals surface area contributed by atoms with Crippen molar-refractivity contribution in [1.82, 2.24) is 5.32 Å². The van der Waals surface area contributed by atoms with Crippen LogP contribution in [-0.2, 0) is 0 Å². The van der Waals surface area contributed by atoms with Gasteiger partial charge >= 0.3 is 0 Å². The fourth-order valence-electron chi connectivity index (χ4n) is 1.60. The van der Waals surface area contributed by atoms with E-state index in [-0.39, 0.29) is 0 Å². The Morgan fingerprint density at radius 2 is 1.83 bits per heavy atom. The van der Waals surface area contributed by atoms with Crippen LogP contribution in [0.25, 0.3) is 6.08 Å². The van der Waals surface area contributed by atoms with Crippen molar-refractivity contribution in [2.75, 3.05) is 19.7 Å². The molecule has 0 bridgehead atoms. The molecular weight excluding hydrogens is 222 g/mol. The van der Waals surface area contributed by atoms with E-state index in [4.69, 9.17) is 4.74 Å². The summed E-state index contributed by atoms with van der Waals surface area (Å²) in [6, 6.07) is 8.26. The molecule has 0 aliphatic rings. The van der Waals surface area contributed by atoms with Crippen LogP contribution in [0, 0.1) is 0 Å². The van der Waals surface area contributed by atoms with Gasteiger partial charge < -0.3 is 10.1 Å². The Bertz CT molecular complexity index is 329. The average Bonchev–Trinajstić information content (AvgIpc) is 2.42. The van der Waals surface area contributed by atoms with E-state index in [9.17, 15) is 0 Å². The maximum Gasteiger partial charge on any atom is 0.119 e. The SMILES string of the molecule is CCCNCCC=Cc1ccc(OCCC)cc1. The average molecular weight is 247 g/mol. The normalized spacial score (nSPS) is 11.0. The quantitative estimate of drug-likeness (QED) is 0.669. The molecule has 0 aromatic heterocycles. The molecule has 0 heterocycles. The second kappa shape index (κ2) is 9.72. The van der Waals surface area contributed by atoms with Crippen LogP contribution in [0.2, 0.25) is 0 Å². The predicted molar refractivity (Wildman–Crippen MR) is 79.0 cm³/mol. The summed E-state index contributed by atoms with van der Waals surface area (Å²) >= 11 is 0. The van der Waals surface area contributed by atoms with Gasteiger partial charge in [-0.25, -0.2) is 0 Å². The Morgan fingerprint density at radius 1 is 1.06 bits per heavy atom. The van der Waals surface area contributed by atoms with E-state index in [0.29, 0.717) is 0 Å². The highest BCUT2D eigenvalue weighted by Gasteiger charge is 1.92.